The molecule has 0 N–H and O–H groups in total. The van der Waals surface area contributed by atoms with Crippen LogP contribution in [0.3, 0.4) is 0 Å². The number of methoxy groups -OCH3 is 2. The number of amides is 1. The van der Waals surface area contributed by atoms with Gasteiger partial charge in [-0.3, -0.25) is 4.79 Å². The van der Waals surface area contributed by atoms with Crippen LogP contribution >= 0.6 is 0 Å². The maximum atomic E-state index is 12.8. The molecule has 1 fully saturated rings. The van der Waals surface area contributed by atoms with Crippen LogP contribution in [-0.2, 0) is 4.79 Å². The van der Waals surface area contributed by atoms with Crippen LogP contribution in [0.15, 0.2) is 36.4 Å². The fraction of sp³-hybridized carbons (Fsp3) is 0.409. The Hall–Kier alpha value is -2.69. The topological polar surface area (TPSA) is 48.0 Å². The van der Waals surface area contributed by atoms with E-state index in [1.54, 1.807) is 14.2 Å². The number of benzene rings is 2. The average Bonchev–Trinajstić information content (AvgIpc) is 3.16. The Morgan fingerprint density at radius 3 is 2.48 bits per heavy atom. The molecular weight excluding hydrogens is 342 g/mol. The number of ether oxygens (including phenoxy) is 3. The fourth-order valence-corrected chi connectivity index (χ4v) is 3.66. The highest BCUT2D eigenvalue weighted by Gasteiger charge is 2.30. The van der Waals surface area contributed by atoms with E-state index < -0.39 is 0 Å². The predicted molar refractivity (Wildman–Crippen MR) is 105 cm³/mol. The predicted octanol–water partition coefficient (Wildman–Crippen LogP) is 4.06. The molecule has 1 aliphatic heterocycles. The van der Waals surface area contributed by atoms with Crippen LogP contribution in [0.1, 0.15) is 35.6 Å². The van der Waals surface area contributed by atoms with Crippen molar-refractivity contribution in [2.75, 3.05) is 27.4 Å². The SMILES string of the molecule is COc1ccc(C2CCCN2C(=O)COc2ccc(C)cc2C)cc1OC. The largest absolute Gasteiger partial charge is 0.493 e. The van der Waals surface area contributed by atoms with Gasteiger partial charge in [0.25, 0.3) is 5.91 Å². The second-order valence-electron chi connectivity index (χ2n) is 6.92. The normalized spacial score (nSPS) is 16.3. The van der Waals surface area contributed by atoms with Crippen LogP contribution in [0.25, 0.3) is 0 Å². The first-order chi connectivity index (χ1) is 13.0. The van der Waals surface area contributed by atoms with Crippen molar-refractivity contribution in [1.29, 1.82) is 0 Å². The molecule has 0 bridgehead atoms. The minimum atomic E-state index is 0.00672. The molecule has 1 atom stereocenters. The van der Waals surface area contributed by atoms with Crippen LogP contribution in [-0.4, -0.2) is 38.2 Å². The molecule has 5 nitrogen and oxygen atoms in total. The lowest BCUT2D eigenvalue weighted by Gasteiger charge is -2.26. The molecule has 5 heteroatoms. The highest BCUT2D eigenvalue weighted by atomic mass is 16.5. The summed E-state index contributed by atoms with van der Waals surface area (Å²) >= 11 is 0. The number of hydrogen-bond donors (Lipinski definition) is 0. The van der Waals surface area contributed by atoms with E-state index in [1.807, 2.05) is 49.1 Å². The lowest BCUT2D eigenvalue weighted by Crippen LogP contribution is -2.34. The molecule has 3 rings (SSSR count). The standard InChI is InChI=1S/C22H27NO4/c1-15-7-9-19(16(2)12-15)27-14-22(24)23-11-5-6-18(23)17-8-10-20(25-3)21(13-17)26-4/h7-10,12-13,18H,5-6,11,14H2,1-4H3. The van der Waals surface area contributed by atoms with Gasteiger partial charge in [0, 0.05) is 6.54 Å². The molecular formula is C22H27NO4. The third-order valence-corrected chi connectivity index (χ3v) is 5.05. The van der Waals surface area contributed by atoms with E-state index in [1.165, 1.54) is 5.56 Å². The summed E-state index contributed by atoms with van der Waals surface area (Å²) in [5.41, 5.74) is 3.28. The monoisotopic (exact) mass is 369 g/mol. The van der Waals surface area contributed by atoms with E-state index in [4.69, 9.17) is 14.2 Å². The van der Waals surface area contributed by atoms with Gasteiger partial charge in [-0.2, -0.15) is 0 Å². The van der Waals surface area contributed by atoms with Gasteiger partial charge in [0.2, 0.25) is 0 Å². The molecule has 2 aromatic rings. The second-order valence-corrected chi connectivity index (χ2v) is 6.92. The van der Waals surface area contributed by atoms with Crippen molar-refractivity contribution >= 4 is 5.91 Å². The number of carbonyl (C=O) groups is 1. The van der Waals surface area contributed by atoms with Crippen molar-refractivity contribution in [2.24, 2.45) is 0 Å². The summed E-state index contributed by atoms with van der Waals surface area (Å²) in [6.07, 6.45) is 1.92. The maximum Gasteiger partial charge on any atom is 0.261 e. The number of hydrogen-bond acceptors (Lipinski definition) is 4. The number of nitrogens with zero attached hydrogens (tertiary/aromatic N) is 1. The summed E-state index contributed by atoms with van der Waals surface area (Å²) in [5.74, 6) is 2.14. The zero-order valence-electron chi connectivity index (χ0n) is 16.5. The zero-order valence-corrected chi connectivity index (χ0v) is 16.5. The van der Waals surface area contributed by atoms with Crippen molar-refractivity contribution in [2.45, 2.75) is 32.7 Å². The highest BCUT2D eigenvalue weighted by molar-refractivity contribution is 5.78. The molecule has 1 saturated heterocycles. The van der Waals surface area contributed by atoms with Gasteiger partial charge in [-0.25, -0.2) is 0 Å². The Balaban J connectivity index is 1.71. The molecule has 0 spiro atoms. The van der Waals surface area contributed by atoms with E-state index in [0.717, 1.165) is 36.3 Å². The van der Waals surface area contributed by atoms with Crippen molar-refractivity contribution in [3.8, 4) is 17.2 Å². The minimum Gasteiger partial charge on any atom is -0.493 e. The van der Waals surface area contributed by atoms with E-state index in [2.05, 4.69) is 6.07 Å². The van der Waals surface area contributed by atoms with Gasteiger partial charge in [-0.1, -0.05) is 23.8 Å². The summed E-state index contributed by atoms with van der Waals surface area (Å²) in [6, 6.07) is 11.9. The molecule has 2 aromatic carbocycles. The van der Waals surface area contributed by atoms with E-state index >= 15 is 0 Å². The third kappa shape index (κ3) is 4.18. The van der Waals surface area contributed by atoms with Crippen LogP contribution < -0.4 is 14.2 Å². The Morgan fingerprint density at radius 1 is 1.04 bits per heavy atom. The Morgan fingerprint density at radius 2 is 1.78 bits per heavy atom. The molecule has 1 aliphatic rings. The molecule has 0 saturated carbocycles. The van der Waals surface area contributed by atoms with E-state index in [9.17, 15) is 4.79 Å². The van der Waals surface area contributed by atoms with E-state index in [-0.39, 0.29) is 18.6 Å². The molecule has 1 unspecified atom stereocenters. The van der Waals surface area contributed by atoms with Crippen molar-refractivity contribution in [3.05, 3.63) is 53.1 Å². The second kappa shape index (κ2) is 8.33. The molecule has 0 aliphatic carbocycles. The molecule has 27 heavy (non-hydrogen) atoms. The summed E-state index contributed by atoms with van der Waals surface area (Å²) < 4.78 is 16.5. The molecule has 144 valence electrons. The van der Waals surface area contributed by atoms with Gasteiger partial charge >= 0.3 is 0 Å². The third-order valence-electron chi connectivity index (χ3n) is 5.05. The number of aryl methyl sites for hydroxylation is 2. The van der Waals surface area contributed by atoms with Gasteiger partial charge < -0.3 is 19.1 Å². The van der Waals surface area contributed by atoms with E-state index in [0.29, 0.717) is 11.5 Å². The lowest BCUT2D eigenvalue weighted by atomic mass is 10.0. The van der Waals surface area contributed by atoms with Crippen LogP contribution in [0, 0.1) is 13.8 Å². The van der Waals surface area contributed by atoms with Gasteiger partial charge in [-0.15, -0.1) is 0 Å². The van der Waals surface area contributed by atoms with Crippen LogP contribution in [0.2, 0.25) is 0 Å². The first-order valence-corrected chi connectivity index (χ1v) is 9.25. The van der Waals surface area contributed by atoms with Crippen LogP contribution in [0.5, 0.6) is 17.2 Å². The van der Waals surface area contributed by atoms with Gasteiger partial charge in [0.1, 0.15) is 5.75 Å². The van der Waals surface area contributed by atoms with Crippen LogP contribution in [0.4, 0.5) is 0 Å². The highest BCUT2D eigenvalue weighted by Crippen LogP contribution is 2.37. The number of likely N-dealkylation sites (tertiary alicyclic amines) is 1. The summed E-state index contributed by atoms with van der Waals surface area (Å²) in [6.45, 7) is 4.83. The molecule has 1 heterocycles. The number of carbonyl (C=O) groups excluding carboxylic acids is 1. The quantitative estimate of drug-likeness (QED) is 0.770. The molecule has 0 aromatic heterocycles. The Labute approximate surface area is 160 Å². The summed E-state index contributed by atoms with van der Waals surface area (Å²) in [4.78, 5) is 14.7. The first-order valence-electron chi connectivity index (χ1n) is 9.25. The van der Waals surface area contributed by atoms with Crippen molar-refractivity contribution < 1.29 is 19.0 Å². The van der Waals surface area contributed by atoms with Gasteiger partial charge in [-0.05, 0) is 56.0 Å². The molecule has 0 radical (unpaired) electrons. The van der Waals surface area contributed by atoms with Crippen molar-refractivity contribution in [3.63, 3.8) is 0 Å². The number of rotatable bonds is 6. The maximum absolute atomic E-state index is 12.8. The minimum absolute atomic E-state index is 0.00672. The van der Waals surface area contributed by atoms with Gasteiger partial charge in [0.05, 0.1) is 20.3 Å². The summed E-state index contributed by atoms with van der Waals surface area (Å²) in [7, 11) is 3.24. The van der Waals surface area contributed by atoms with Crippen molar-refractivity contribution in [1.82, 2.24) is 4.90 Å². The smallest absolute Gasteiger partial charge is 0.261 e. The average molecular weight is 369 g/mol. The summed E-state index contributed by atoms with van der Waals surface area (Å²) in [5, 5.41) is 0. The fourth-order valence-electron chi connectivity index (χ4n) is 3.66. The first kappa shape index (κ1) is 19.1. The van der Waals surface area contributed by atoms with Gasteiger partial charge in [0.15, 0.2) is 18.1 Å². The molecule has 1 amide bonds. The Kier molecular flexibility index (Phi) is 5.89. The zero-order chi connectivity index (χ0) is 19.4. The lowest BCUT2D eigenvalue weighted by molar-refractivity contribution is -0.134. The Bertz CT molecular complexity index is 818.